The third kappa shape index (κ3) is 2.66. The van der Waals surface area contributed by atoms with E-state index < -0.39 is 64.4 Å². The van der Waals surface area contributed by atoms with Crippen LogP contribution in [0.5, 0.6) is 5.75 Å². The molecule has 2 unspecified atom stereocenters. The van der Waals surface area contributed by atoms with Crippen LogP contribution in [0.2, 0.25) is 0 Å². The number of halogens is 4. The van der Waals surface area contributed by atoms with Gasteiger partial charge in [0.25, 0.3) is 0 Å². The topological polar surface area (TPSA) is 52.6 Å². The molecule has 2 rings (SSSR count). The van der Waals surface area contributed by atoms with Gasteiger partial charge in [0.2, 0.25) is 11.6 Å². The highest BCUT2D eigenvalue weighted by Crippen LogP contribution is 2.57. The summed E-state index contributed by atoms with van der Waals surface area (Å²) in [5, 5.41) is 0. The molecule has 1 aliphatic rings. The van der Waals surface area contributed by atoms with Crippen LogP contribution in [0.3, 0.4) is 0 Å². The number of esters is 1. The first-order valence-electron chi connectivity index (χ1n) is 6.69. The molecule has 2 atom stereocenters. The van der Waals surface area contributed by atoms with Crippen molar-refractivity contribution in [3.63, 3.8) is 0 Å². The average Bonchev–Trinajstić information content (AvgIpc) is 3.07. The maximum absolute atomic E-state index is 13.7. The molecule has 0 N–H and O–H groups in total. The molecule has 0 radical (unpaired) electrons. The minimum absolute atomic E-state index is 0.561. The Balaban J connectivity index is 2.19. The van der Waals surface area contributed by atoms with E-state index in [1.807, 2.05) is 0 Å². The zero-order valence-corrected chi connectivity index (χ0v) is 12.6. The molecule has 1 aromatic carbocycles. The molecular formula is C15H14F4O4. The van der Waals surface area contributed by atoms with Crippen molar-refractivity contribution in [2.75, 3.05) is 7.11 Å². The number of benzene rings is 1. The van der Waals surface area contributed by atoms with E-state index in [9.17, 15) is 27.2 Å². The summed E-state index contributed by atoms with van der Waals surface area (Å²) in [5.41, 5.74) is -1.68. The zero-order chi connectivity index (χ0) is 17.5. The van der Waals surface area contributed by atoms with Crippen LogP contribution in [0.4, 0.5) is 17.6 Å². The fourth-order valence-corrected chi connectivity index (χ4v) is 2.58. The van der Waals surface area contributed by atoms with E-state index in [1.54, 1.807) is 13.8 Å². The van der Waals surface area contributed by atoms with Crippen LogP contribution in [-0.2, 0) is 20.9 Å². The van der Waals surface area contributed by atoms with Crippen molar-refractivity contribution >= 4 is 12.3 Å². The summed E-state index contributed by atoms with van der Waals surface area (Å²) in [7, 11) is 0.856. The molecule has 8 heteroatoms. The summed E-state index contributed by atoms with van der Waals surface area (Å²) in [4.78, 5) is 22.6. The van der Waals surface area contributed by atoms with Crippen molar-refractivity contribution in [3.8, 4) is 5.75 Å². The van der Waals surface area contributed by atoms with Crippen LogP contribution >= 0.6 is 0 Å². The first-order valence-corrected chi connectivity index (χ1v) is 6.69. The Bertz CT molecular complexity index is 643. The Kier molecular flexibility index (Phi) is 4.37. The summed E-state index contributed by atoms with van der Waals surface area (Å²) < 4.78 is 63.5. The number of hydrogen-bond acceptors (Lipinski definition) is 4. The lowest BCUT2D eigenvalue weighted by Gasteiger charge is -2.11. The highest BCUT2D eigenvalue weighted by Gasteiger charge is 2.62. The van der Waals surface area contributed by atoms with Gasteiger partial charge in [0.05, 0.1) is 18.6 Å². The number of ether oxygens (including phenoxy) is 2. The maximum Gasteiger partial charge on any atom is 0.310 e. The maximum atomic E-state index is 13.7. The number of carbonyl (C=O) groups excluding carboxylic acids is 2. The molecular weight excluding hydrogens is 320 g/mol. The summed E-state index contributed by atoms with van der Waals surface area (Å²) >= 11 is 0. The van der Waals surface area contributed by atoms with Crippen molar-refractivity contribution in [1.29, 1.82) is 0 Å². The second-order valence-electron chi connectivity index (χ2n) is 5.84. The standard InChI is InChI=1S/C15H14F4O4/c1-15(2)7(4-20)8(15)14(21)23-5-6-9(16)11(18)13(22-3)12(19)10(6)17/h4,7-8H,5H2,1-3H3. The molecule has 0 aromatic heterocycles. The van der Waals surface area contributed by atoms with Gasteiger partial charge in [-0.3, -0.25) is 4.79 Å². The quantitative estimate of drug-likeness (QED) is 0.360. The lowest BCUT2D eigenvalue weighted by molar-refractivity contribution is -0.148. The van der Waals surface area contributed by atoms with E-state index in [-0.39, 0.29) is 0 Å². The second-order valence-corrected chi connectivity index (χ2v) is 5.84. The van der Waals surface area contributed by atoms with Crippen molar-refractivity contribution in [3.05, 3.63) is 28.8 Å². The van der Waals surface area contributed by atoms with Gasteiger partial charge in [-0.1, -0.05) is 13.8 Å². The van der Waals surface area contributed by atoms with Gasteiger partial charge in [0.1, 0.15) is 12.9 Å². The summed E-state index contributed by atoms with van der Waals surface area (Å²) in [6.07, 6.45) is 0.597. The Morgan fingerprint density at radius 2 is 1.65 bits per heavy atom. The van der Waals surface area contributed by atoms with Crippen LogP contribution in [-0.4, -0.2) is 19.4 Å². The van der Waals surface area contributed by atoms with E-state index >= 15 is 0 Å². The molecule has 1 saturated carbocycles. The molecule has 23 heavy (non-hydrogen) atoms. The monoisotopic (exact) mass is 334 g/mol. The lowest BCUT2D eigenvalue weighted by atomic mass is 10.1. The predicted octanol–water partition coefficient (Wildman–Crippen LogP) is 2.77. The molecule has 0 bridgehead atoms. The predicted molar refractivity (Wildman–Crippen MR) is 69.4 cm³/mol. The van der Waals surface area contributed by atoms with Gasteiger partial charge in [0.15, 0.2) is 17.4 Å². The van der Waals surface area contributed by atoms with Gasteiger partial charge in [0, 0.05) is 5.92 Å². The fourth-order valence-electron chi connectivity index (χ4n) is 2.58. The van der Waals surface area contributed by atoms with Gasteiger partial charge in [-0.15, -0.1) is 0 Å². The second kappa shape index (κ2) is 5.82. The lowest BCUT2D eigenvalue weighted by Crippen LogP contribution is -2.14. The van der Waals surface area contributed by atoms with E-state index in [0.29, 0.717) is 6.29 Å². The van der Waals surface area contributed by atoms with Crippen molar-refractivity contribution in [1.82, 2.24) is 0 Å². The van der Waals surface area contributed by atoms with Crippen molar-refractivity contribution in [2.45, 2.75) is 20.5 Å². The summed E-state index contributed by atoms with van der Waals surface area (Å²) in [6.45, 7) is 2.32. The van der Waals surface area contributed by atoms with E-state index in [4.69, 9.17) is 4.74 Å². The van der Waals surface area contributed by atoms with Gasteiger partial charge in [-0.2, -0.15) is 8.78 Å². The normalized spacial score (nSPS) is 21.7. The Labute approximate surface area is 129 Å². The third-order valence-electron chi connectivity index (χ3n) is 4.19. The number of hydrogen-bond donors (Lipinski definition) is 0. The molecule has 1 aromatic rings. The molecule has 1 fully saturated rings. The van der Waals surface area contributed by atoms with E-state index in [1.165, 1.54) is 0 Å². The van der Waals surface area contributed by atoms with Gasteiger partial charge >= 0.3 is 5.97 Å². The Morgan fingerprint density at radius 3 is 2.04 bits per heavy atom. The molecule has 0 heterocycles. The van der Waals surface area contributed by atoms with E-state index in [0.717, 1.165) is 7.11 Å². The third-order valence-corrected chi connectivity index (χ3v) is 4.19. The first-order chi connectivity index (χ1) is 10.7. The van der Waals surface area contributed by atoms with Crippen molar-refractivity contribution < 1.29 is 36.6 Å². The fraction of sp³-hybridized carbons (Fsp3) is 0.467. The minimum Gasteiger partial charge on any atom is -0.491 e. The molecule has 0 spiro atoms. The zero-order valence-electron chi connectivity index (χ0n) is 12.6. The average molecular weight is 334 g/mol. The highest BCUT2D eigenvalue weighted by atomic mass is 19.2. The Morgan fingerprint density at radius 1 is 1.13 bits per heavy atom. The van der Waals surface area contributed by atoms with Gasteiger partial charge in [-0.05, 0) is 5.41 Å². The molecule has 0 aliphatic heterocycles. The number of carbonyl (C=O) groups is 2. The molecule has 1 aliphatic carbocycles. The van der Waals surface area contributed by atoms with Crippen LogP contribution in [0.1, 0.15) is 19.4 Å². The minimum atomic E-state index is -1.71. The van der Waals surface area contributed by atoms with E-state index in [2.05, 4.69) is 4.74 Å². The van der Waals surface area contributed by atoms with Crippen molar-refractivity contribution in [2.24, 2.45) is 17.3 Å². The number of aldehydes is 1. The van der Waals surface area contributed by atoms with Crippen LogP contribution in [0.15, 0.2) is 0 Å². The van der Waals surface area contributed by atoms with Gasteiger partial charge in [-0.25, -0.2) is 8.78 Å². The SMILES string of the molecule is COc1c(F)c(F)c(COC(=O)C2C(C=O)C2(C)C)c(F)c1F. The Hall–Kier alpha value is -2.12. The molecule has 0 saturated heterocycles. The number of rotatable bonds is 5. The van der Waals surface area contributed by atoms with Gasteiger partial charge < -0.3 is 14.3 Å². The highest BCUT2D eigenvalue weighted by molar-refractivity contribution is 5.84. The summed E-state index contributed by atoms with van der Waals surface area (Å²) in [5.74, 6) is -10.2. The van der Waals surface area contributed by atoms with Crippen LogP contribution in [0.25, 0.3) is 0 Å². The largest absolute Gasteiger partial charge is 0.491 e. The molecule has 126 valence electrons. The first kappa shape index (κ1) is 17.2. The van der Waals surface area contributed by atoms with Crippen LogP contribution in [0, 0.1) is 40.5 Å². The molecule has 0 amide bonds. The molecule has 4 nitrogen and oxygen atoms in total. The smallest absolute Gasteiger partial charge is 0.310 e. The summed E-state index contributed by atoms with van der Waals surface area (Å²) in [6, 6.07) is 0. The van der Waals surface area contributed by atoms with Crippen LogP contribution < -0.4 is 4.74 Å². The number of methoxy groups -OCH3 is 1.